The lowest BCUT2D eigenvalue weighted by Crippen LogP contribution is -2.49. The van der Waals surface area contributed by atoms with Gasteiger partial charge in [-0.15, -0.1) is 0 Å². The van der Waals surface area contributed by atoms with Crippen molar-refractivity contribution < 1.29 is 19.1 Å². The number of carbonyl (C=O) groups excluding carboxylic acids is 2. The molecule has 29 heavy (non-hydrogen) atoms. The molecule has 1 atom stereocenters. The molecular weight excluding hydrogens is 390 g/mol. The monoisotopic (exact) mass is 415 g/mol. The first-order chi connectivity index (χ1) is 13.9. The van der Waals surface area contributed by atoms with Crippen LogP contribution in [0.1, 0.15) is 36.2 Å². The highest BCUT2D eigenvalue weighted by Gasteiger charge is 2.11. The smallest absolute Gasteiger partial charge is 0.276 e. The predicted octanol–water partition coefficient (Wildman–Crippen LogP) is 2.89. The van der Waals surface area contributed by atoms with Crippen LogP contribution in [0.3, 0.4) is 0 Å². The number of ether oxygens (including phenoxy) is 2. The molecule has 0 saturated carbocycles. The minimum atomic E-state index is -0.439. The number of rotatable bonds is 7. The summed E-state index contributed by atoms with van der Waals surface area (Å²) in [5.74, 6) is 0.335. The van der Waals surface area contributed by atoms with Crippen LogP contribution in [0.25, 0.3) is 0 Å². The molecule has 7 nitrogen and oxygen atoms in total. The van der Waals surface area contributed by atoms with E-state index in [9.17, 15) is 9.59 Å². The maximum absolute atomic E-state index is 12.3. The minimum Gasteiger partial charge on any atom is -0.491 e. The highest BCUT2D eigenvalue weighted by atomic mass is 32.1. The lowest BCUT2D eigenvalue weighted by molar-refractivity contribution is -0.123. The van der Waals surface area contributed by atoms with Crippen molar-refractivity contribution in [2.75, 3.05) is 6.61 Å². The maximum atomic E-state index is 12.3. The van der Waals surface area contributed by atoms with Crippen molar-refractivity contribution in [3.05, 3.63) is 59.7 Å². The van der Waals surface area contributed by atoms with Gasteiger partial charge in [0.15, 0.2) is 11.7 Å². The van der Waals surface area contributed by atoms with Crippen molar-refractivity contribution >= 4 is 29.1 Å². The Hall–Kier alpha value is -3.13. The Morgan fingerprint density at radius 1 is 1.07 bits per heavy atom. The van der Waals surface area contributed by atoms with E-state index in [-0.39, 0.29) is 17.8 Å². The van der Waals surface area contributed by atoms with Crippen molar-refractivity contribution in [3.63, 3.8) is 0 Å². The number of benzene rings is 2. The molecule has 0 heterocycles. The van der Waals surface area contributed by atoms with Crippen LogP contribution in [0.4, 0.5) is 0 Å². The molecule has 0 bridgehead atoms. The predicted molar refractivity (Wildman–Crippen MR) is 115 cm³/mol. The van der Waals surface area contributed by atoms with Crippen LogP contribution in [-0.2, 0) is 4.79 Å². The van der Waals surface area contributed by atoms with E-state index in [4.69, 9.17) is 21.7 Å². The summed E-state index contributed by atoms with van der Waals surface area (Å²) in [5, 5.41) is 2.46. The van der Waals surface area contributed by atoms with Crippen LogP contribution in [0, 0.1) is 6.92 Å². The second-order valence-electron chi connectivity index (χ2n) is 6.42. The molecule has 0 aromatic heterocycles. The lowest BCUT2D eigenvalue weighted by atomic mass is 10.2. The van der Waals surface area contributed by atoms with Crippen molar-refractivity contribution in [1.29, 1.82) is 0 Å². The van der Waals surface area contributed by atoms with Gasteiger partial charge in [0.05, 0.1) is 6.10 Å². The van der Waals surface area contributed by atoms with Gasteiger partial charge in [0.25, 0.3) is 11.8 Å². The molecule has 0 saturated heterocycles. The molecule has 0 fully saturated rings. The summed E-state index contributed by atoms with van der Waals surface area (Å²) in [7, 11) is 0. The quantitative estimate of drug-likeness (QED) is 0.476. The van der Waals surface area contributed by atoms with Gasteiger partial charge in [-0.2, -0.15) is 0 Å². The molecule has 0 radical (unpaired) electrons. The van der Waals surface area contributed by atoms with Crippen molar-refractivity contribution in [1.82, 2.24) is 16.2 Å². The van der Waals surface area contributed by atoms with E-state index >= 15 is 0 Å². The fraction of sp³-hybridized carbons (Fsp3) is 0.286. The van der Waals surface area contributed by atoms with Gasteiger partial charge in [-0.3, -0.25) is 25.8 Å². The molecule has 2 amide bonds. The van der Waals surface area contributed by atoms with E-state index in [0.717, 1.165) is 12.0 Å². The van der Waals surface area contributed by atoms with E-state index in [1.807, 2.05) is 32.9 Å². The Kier molecular flexibility index (Phi) is 8.42. The number of hydrogen-bond acceptors (Lipinski definition) is 5. The average Bonchev–Trinajstić information content (AvgIpc) is 2.72. The molecule has 2 aromatic rings. The van der Waals surface area contributed by atoms with E-state index in [2.05, 4.69) is 16.2 Å². The Morgan fingerprint density at radius 2 is 1.79 bits per heavy atom. The SMILES string of the molecule is CCC(C)Oc1cccc(C(=O)NC(=S)NNC(=O)COc2ccc(C)cc2)c1. The summed E-state index contributed by atoms with van der Waals surface area (Å²) in [4.78, 5) is 24.1. The molecule has 0 aliphatic heterocycles. The zero-order valence-corrected chi connectivity index (χ0v) is 17.5. The first-order valence-corrected chi connectivity index (χ1v) is 9.64. The van der Waals surface area contributed by atoms with Crippen LogP contribution >= 0.6 is 12.2 Å². The standard InChI is InChI=1S/C21H25N3O4S/c1-4-15(3)28-18-7-5-6-16(12-18)20(26)22-21(29)24-23-19(25)13-27-17-10-8-14(2)9-11-17/h5-12,15H,4,13H2,1-3H3,(H,23,25)(H2,22,24,26,29). The third-order valence-corrected chi connectivity index (χ3v) is 4.15. The number of hydrazine groups is 1. The lowest BCUT2D eigenvalue weighted by Gasteiger charge is -2.14. The molecule has 0 spiro atoms. The van der Waals surface area contributed by atoms with E-state index < -0.39 is 11.8 Å². The second-order valence-corrected chi connectivity index (χ2v) is 6.83. The molecule has 0 aliphatic rings. The number of aryl methyl sites for hydroxylation is 1. The fourth-order valence-corrected chi connectivity index (χ4v) is 2.32. The zero-order valence-electron chi connectivity index (χ0n) is 16.7. The average molecular weight is 416 g/mol. The number of thiocarbonyl (C=S) groups is 1. The van der Waals surface area contributed by atoms with Gasteiger partial charge >= 0.3 is 0 Å². The Bertz CT molecular complexity index is 855. The van der Waals surface area contributed by atoms with Gasteiger partial charge in [-0.1, -0.05) is 30.7 Å². The van der Waals surface area contributed by atoms with Crippen LogP contribution < -0.4 is 25.6 Å². The summed E-state index contributed by atoms with van der Waals surface area (Å²) < 4.78 is 11.1. The van der Waals surface area contributed by atoms with Gasteiger partial charge < -0.3 is 9.47 Å². The van der Waals surface area contributed by atoms with E-state index in [1.54, 1.807) is 36.4 Å². The third kappa shape index (κ3) is 7.79. The van der Waals surface area contributed by atoms with Gasteiger partial charge in [0.2, 0.25) is 0 Å². The van der Waals surface area contributed by atoms with Crippen LogP contribution in [0.2, 0.25) is 0 Å². The highest BCUT2D eigenvalue weighted by molar-refractivity contribution is 7.80. The fourth-order valence-electron chi connectivity index (χ4n) is 2.18. The summed E-state index contributed by atoms with van der Waals surface area (Å²) in [6, 6.07) is 14.1. The normalized spacial score (nSPS) is 11.1. The minimum absolute atomic E-state index is 0.0352. The van der Waals surface area contributed by atoms with Gasteiger partial charge in [-0.05, 0) is 62.8 Å². The number of hydrogen-bond donors (Lipinski definition) is 3. The van der Waals surface area contributed by atoms with Crippen LogP contribution in [0.15, 0.2) is 48.5 Å². The molecule has 8 heteroatoms. The molecule has 154 valence electrons. The molecule has 1 unspecified atom stereocenters. The highest BCUT2D eigenvalue weighted by Crippen LogP contribution is 2.16. The van der Waals surface area contributed by atoms with Crippen LogP contribution in [0.5, 0.6) is 11.5 Å². The Morgan fingerprint density at radius 3 is 2.48 bits per heavy atom. The third-order valence-electron chi connectivity index (χ3n) is 3.94. The van der Waals surface area contributed by atoms with Gasteiger partial charge in [-0.25, -0.2) is 0 Å². The Balaban J connectivity index is 1.76. The molecular formula is C21H25N3O4S. The summed E-state index contributed by atoms with van der Waals surface area (Å²) in [5.41, 5.74) is 6.34. The maximum Gasteiger partial charge on any atom is 0.276 e. The molecule has 3 N–H and O–H groups in total. The Labute approximate surface area is 175 Å². The number of nitrogens with one attached hydrogen (secondary N) is 3. The summed E-state index contributed by atoms with van der Waals surface area (Å²) in [6.45, 7) is 5.74. The largest absolute Gasteiger partial charge is 0.491 e. The zero-order chi connectivity index (χ0) is 21.2. The van der Waals surface area contributed by atoms with Crippen LogP contribution in [-0.4, -0.2) is 29.6 Å². The summed E-state index contributed by atoms with van der Waals surface area (Å²) >= 11 is 5.03. The number of amides is 2. The second kappa shape index (κ2) is 11.0. The van der Waals surface area contributed by atoms with Gasteiger partial charge in [0, 0.05) is 5.56 Å². The van der Waals surface area contributed by atoms with Crippen molar-refractivity contribution in [2.45, 2.75) is 33.3 Å². The van der Waals surface area contributed by atoms with Crippen molar-refractivity contribution in [2.24, 2.45) is 0 Å². The molecule has 2 rings (SSSR count). The topological polar surface area (TPSA) is 88.7 Å². The number of carbonyl (C=O) groups is 2. The van der Waals surface area contributed by atoms with Crippen molar-refractivity contribution in [3.8, 4) is 11.5 Å². The van der Waals surface area contributed by atoms with E-state index in [1.165, 1.54) is 0 Å². The molecule has 2 aromatic carbocycles. The first-order valence-electron chi connectivity index (χ1n) is 9.23. The summed E-state index contributed by atoms with van der Waals surface area (Å²) in [6.07, 6.45) is 0.908. The van der Waals surface area contributed by atoms with Gasteiger partial charge in [0.1, 0.15) is 11.5 Å². The molecule has 0 aliphatic carbocycles. The van der Waals surface area contributed by atoms with E-state index in [0.29, 0.717) is 17.1 Å². The first kappa shape index (κ1) is 22.2.